The summed E-state index contributed by atoms with van der Waals surface area (Å²) >= 11 is 0. The van der Waals surface area contributed by atoms with Gasteiger partial charge in [0.25, 0.3) is 0 Å². The fraction of sp³-hybridized carbons (Fsp3) is 0.786. The van der Waals surface area contributed by atoms with Gasteiger partial charge in [-0.25, -0.2) is 4.79 Å². The Morgan fingerprint density at radius 1 is 1.39 bits per heavy atom. The van der Waals surface area contributed by atoms with E-state index in [1.54, 1.807) is 0 Å². The molecule has 4 nitrogen and oxygen atoms in total. The van der Waals surface area contributed by atoms with E-state index in [0.29, 0.717) is 18.5 Å². The smallest absolute Gasteiger partial charge is 0.333 e. The van der Waals surface area contributed by atoms with Crippen LogP contribution in [0.2, 0.25) is 0 Å². The van der Waals surface area contributed by atoms with Crippen molar-refractivity contribution in [1.29, 1.82) is 0 Å². The zero-order chi connectivity index (χ0) is 13.4. The van der Waals surface area contributed by atoms with Crippen LogP contribution in [0.4, 0.5) is 0 Å². The lowest BCUT2D eigenvalue weighted by atomic mass is 9.82. The molecule has 1 saturated carbocycles. The van der Waals surface area contributed by atoms with Gasteiger partial charge in [-0.1, -0.05) is 32.3 Å². The van der Waals surface area contributed by atoms with E-state index in [4.69, 9.17) is 4.74 Å². The normalized spacial score (nSPS) is 19.6. The van der Waals surface area contributed by atoms with Crippen LogP contribution >= 0.6 is 0 Å². The third-order valence-electron chi connectivity index (χ3n) is 3.77. The summed E-state index contributed by atoms with van der Waals surface area (Å²) < 4.78 is 4.71. The summed E-state index contributed by atoms with van der Waals surface area (Å²) in [5.41, 5.74) is 0.540. The van der Waals surface area contributed by atoms with Crippen molar-refractivity contribution in [2.75, 3.05) is 20.3 Å². The topological polar surface area (TPSA) is 58.6 Å². The second-order valence-electron chi connectivity index (χ2n) is 4.95. The lowest BCUT2D eigenvalue weighted by molar-refractivity contribution is -0.136. The van der Waals surface area contributed by atoms with E-state index in [2.05, 4.69) is 5.32 Å². The number of methoxy groups -OCH3 is 1. The molecule has 0 unspecified atom stereocenters. The van der Waals surface area contributed by atoms with Crippen LogP contribution < -0.4 is 5.32 Å². The molecule has 0 aromatic rings. The molecule has 0 aromatic heterocycles. The summed E-state index contributed by atoms with van der Waals surface area (Å²) in [7, 11) is 1.40. The van der Waals surface area contributed by atoms with Gasteiger partial charge < -0.3 is 15.2 Å². The van der Waals surface area contributed by atoms with Gasteiger partial charge >= 0.3 is 5.97 Å². The number of esters is 1. The van der Waals surface area contributed by atoms with Crippen LogP contribution in [-0.4, -0.2) is 36.9 Å². The summed E-state index contributed by atoms with van der Waals surface area (Å²) in [6, 6.07) is 0. The number of nitrogens with one attached hydrogen (secondary N) is 1. The van der Waals surface area contributed by atoms with Gasteiger partial charge in [-0.2, -0.15) is 0 Å². The Hall–Kier alpha value is -0.870. The van der Waals surface area contributed by atoms with Gasteiger partial charge in [0.15, 0.2) is 0 Å². The number of aliphatic hydroxyl groups excluding tert-OH is 1. The van der Waals surface area contributed by atoms with Gasteiger partial charge in [-0.15, -0.1) is 0 Å². The first kappa shape index (κ1) is 15.2. The maximum absolute atomic E-state index is 11.4. The largest absolute Gasteiger partial charge is 0.466 e. The minimum Gasteiger partial charge on any atom is -0.466 e. The Balaban J connectivity index is 2.51. The van der Waals surface area contributed by atoms with Crippen LogP contribution in [0.15, 0.2) is 11.6 Å². The van der Waals surface area contributed by atoms with Crippen molar-refractivity contribution in [3.8, 4) is 0 Å². The minimum atomic E-state index is -0.263. The maximum atomic E-state index is 11.4. The average molecular weight is 255 g/mol. The van der Waals surface area contributed by atoms with Crippen LogP contribution in [0.1, 0.15) is 45.4 Å². The highest BCUT2D eigenvalue weighted by Gasteiger charge is 2.30. The lowest BCUT2D eigenvalue weighted by Gasteiger charge is -2.36. The fourth-order valence-electron chi connectivity index (χ4n) is 2.51. The minimum absolute atomic E-state index is 0.149. The molecule has 2 N–H and O–H groups in total. The quantitative estimate of drug-likeness (QED) is 0.561. The molecule has 4 heteroatoms. The number of carbonyl (C=O) groups is 1. The van der Waals surface area contributed by atoms with E-state index in [-0.39, 0.29) is 18.1 Å². The Morgan fingerprint density at radius 2 is 2.06 bits per heavy atom. The monoisotopic (exact) mass is 255 g/mol. The molecular weight excluding hydrogens is 230 g/mol. The Labute approximate surface area is 109 Å². The summed E-state index contributed by atoms with van der Waals surface area (Å²) in [6.07, 6.45) is 8.14. The SMILES string of the molecule is CCC(=CCNC1(CO)CCCCC1)C(=O)OC. The molecule has 0 spiro atoms. The van der Waals surface area contributed by atoms with Gasteiger partial charge in [-0.05, 0) is 19.3 Å². The highest BCUT2D eigenvalue weighted by atomic mass is 16.5. The number of carbonyl (C=O) groups excluding carboxylic acids is 1. The van der Waals surface area contributed by atoms with E-state index < -0.39 is 0 Å². The van der Waals surface area contributed by atoms with Crippen molar-refractivity contribution in [1.82, 2.24) is 5.32 Å². The lowest BCUT2D eigenvalue weighted by Crippen LogP contribution is -2.50. The molecule has 0 aromatic carbocycles. The van der Waals surface area contributed by atoms with Crippen molar-refractivity contribution in [2.24, 2.45) is 0 Å². The Kier molecular flexibility index (Phi) is 6.36. The summed E-state index contributed by atoms with van der Waals surface area (Å²) in [4.78, 5) is 11.4. The summed E-state index contributed by atoms with van der Waals surface area (Å²) in [5.74, 6) is -0.263. The van der Waals surface area contributed by atoms with E-state index in [1.807, 2.05) is 13.0 Å². The molecule has 0 heterocycles. The number of rotatable bonds is 6. The first-order valence-electron chi connectivity index (χ1n) is 6.80. The first-order valence-corrected chi connectivity index (χ1v) is 6.80. The molecule has 1 aliphatic rings. The van der Waals surface area contributed by atoms with Crippen molar-refractivity contribution in [3.63, 3.8) is 0 Å². The zero-order valence-corrected chi connectivity index (χ0v) is 11.5. The van der Waals surface area contributed by atoms with Gasteiger partial charge in [0.1, 0.15) is 0 Å². The average Bonchev–Trinajstić information content (AvgIpc) is 2.44. The van der Waals surface area contributed by atoms with Gasteiger partial charge in [0, 0.05) is 17.7 Å². The van der Waals surface area contributed by atoms with Crippen LogP contribution in [0, 0.1) is 0 Å². The number of hydrogen-bond donors (Lipinski definition) is 2. The first-order chi connectivity index (χ1) is 8.67. The fourth-order valence-corrected chi connectivity index (χ4v) is 2.51. The second kappa shape index (κ2) is 7.54. The third kappa shape index (κ3) is 4.10. The van der Waals surface area contributed by atoms with Gasteiger partial charge in [-0.3, -0.25) is 0 Å². The van der Waals surface area contributed by atoms with E-state index in [9.17, 15) is 9.90 Å². The highest BCUT2D eigenvalue weighted by Crippen LogP contribution is 2.27. The van der Waals surface area contributed by atoms with Crippen molar-refractivity contribution in [2.45, 2.75) is 51.0 Å². The Morgan fingerprint density at radius 3 is 2.56 bits per heavy atom. The molecule has 1 fully saturated rings. The van der Waals surface area contributed by atoms with E-state index >= 15 is 0 Å². The van der Waals surface area contributed by atoms with Crippen LogP contribution in [-0.2, 0) is 9.53 Å². The second-order valence-corrected chi connectivity index (χ2v) is 4.95. The molecular formula is C14H25NO3. The van der Waals surface area contributed by atoms with Crippen molar-refractivity contribution in [3.05, 3.63) is 11.6 Å². The predicted octanol–water partition coefficient (Wildman–Crippen LogP) is 1.78. The number of hydrogen-bond acceptors (Lipinski definition) is 4. The van der Waals surface area contributed by atoms with E-state index in [0.717, 1.165) is 25.7 Å². The predicted molar refractivity (Wildman–Crippen MR) is 71.3 cm³/mol. The van der Waals surface area contributed by atoms with Crippen LogP contribution in [0.3, 0.4) is 0 Å². The molecule has 0 amide bonds. The molecule has 0 atom stereocenters. The third-order valence-corrected chi connectivity index (χ3v) is 3.77. The summed E-state index contributed by atoms with van der Waals surface area (Å²) in [6.45, 7) is 2.71. The molecule has 0 bridgehead atoms. The number of ether oxygens (including phenoxy) is 1. The van der Waals surface area contributed by atoms with Gasteiger partial charge in [0.2, 0.25) is 0 Å². The van der Waals surface area contributed by atoms with Crippen molar-refractivity contribution >= 4 is 5.97 Å². The van der Waals surface area contributed by atoms with Crippen LogP contribution in [0.25, 0.3) is 0 Å². The molecule has 1 rings (SSSR count). The maximum Gasteiger partial charge on any atom is 0.333 e. The summed E-state index contributed by atoms with van der Waals surface area (Å²) in [5, 5.41) is 12.9. The molecule has 1 aliphatic carbocycles. The van der Waals surface area contributed by atoms with Crippen molar-refractivity contribution < 1.29 is 14.6 Å². The Bertz CT molecular complexity index is 293. The molecule has 18 heavy (non-hydrogen) atoms. The van der Waals surface area contributed by atoms with E-state index in [1.165, 1.54) is 13.5 Å². The molecule has 0 aliphatic heterocycles. The molecule has 0 radical (unpaired) electrons. The van der Waals surface area contributed by atoms with Gasteiger partial charge in [0.05, 0.1) is 13.7 Å². The highest BCUT2D eigenvalue weighted by molar-refractivity contribution is 5.88. The number of aliphatic hydroxyl groups is 1. The van der Waals surface area contributed by atoms with Crippen LogP contribution in [0.5, 0.6) is 0 Å². The zero-order valence-electron chi connectivity index (χ0n) is 11.5. The molecule has 0 saturated heterocycles. The molecule has 104 valence electrons. The standard InChI is InChI=1S/C14H25NO3/c1-3-12(13(17)18-2)7-10-15-14(11-16)8-5-4-6-9-14/h7,15-16H,3-6,8-11H2,1-2H3.